The Bertz CT molecular complexity index is 480. The Labute approximate surface area is 118 Å². The highest BCUT2D eigenvalue weighted by atomic mass is 16.6. The van der Waals surface area contributed by atoms with Crippen molar-refractivity contribution in [2.75, 3.05) is 29.9 Å². The average molecular weight is 279 g/mol. The summed E-state index contributed by atoms with van der Waals surface area (Å²) in [4.78, 5) is 21.1. The molecule has 0 amide bonds. The molecular formula is C13H21N5O2. The minimum atomic E-state index is -0.405. The molecule has 1 fully saturated rings. The van der Waals surface area contributed by atoms with Crippen LogP contribution in [0.15, 0.2) is 6.20 Å². The highest BCUT2D eigenvalue weighted by Gasteiger charge is 2.28. The normalized spacial score (nSPS) is 18.3. The fourth-order valence-electron chi connectivity index (χ4n) is 2.41. The lowest BCUT2D eigenvalue weighted by Gasteiger charge is -2.17. The molecule has 2 heterocycles. The zero-order valence-electron chi connectivity index (χ0n) is 12.0. The maximum absolute atomic E-state index is 11.1. The van der Waals surface area contributed by atoms with E-state index in [0.717, 1.165) is 38.9 Å². The van der Waals surface area contributed by atoms with Crippen LogP contribution in [0.5, 0.6) is 0 Å². The summed E-state index contributed by atoms with van der Waals surface area (Å²) in [5.74, 6) is 1.50. The van der Waals surface area contributed by atoms with E-state index >= 15 is 0 Å². The van der Waals surface area contributed by atoms with Gasteiger partial charge in [-0.05, 0) is 18.8 Å². The molecule has 0 aliphatic carbocycles. The molecule has 2 rings (SSSR count). The van der Waals surface area contributed by atoms with E-state index in [1.807, 2.05) is 11.8 Å². The molecule has 20 heavy (non-hydrogen) atoms. The zero-order chi connectivity index (χ0) is 14.5. The van der Waals surface area contributed by atoms with Gasteiger partial charge in [0.15, 0.2) is 0 Å². The van der Waals surface area contributed by atoms with Gasteiger partial charge in [0, 0.05) is 19.6 Å². The monoisotopic (exact) mass is 279 g/mol. The van der Waals surface area contributed by atoms with Crippen LogP contribution in [0.4, 0.5) is 17.5 Å². The summed E-state index contributed by atoms with van der Waals surface area (Å²) in [6.07, 6.45) is 4.42. The summed E-state index contributed by atoms with van der Waals surface area (Å²) in [5, 5.41) is 14.2. The third-order valence-corrected chi connectivity index (χ3v) is 3.64. The van der Waals surface area contributed by atoms with Crippen LogP contribution in [0.3, 0.4) is 0 Å². The number of hydrogen-bond acceptors (Lipinski definition) is 6. The Morgan fingerprint density at radius 3 is 2.95 bits per heavy atom. The van der Waals surface area contributed by atoms with E-state index in [1.165, 1.54) is 6.20 Å². The Balaban J connectivity index is 2.25. The molecule has 7 heteroatoms. The van der Waals surface area contributed by atoms with Gasteiger partial charge in [-0.1, -0.05) is 20.3 Å². The number of nitrogens with one attached hydrogen (secondary N) is 1. The van der Waals surface area contributed by atoms with Crippen LogP contribution < -0.4 is 10.2 Å². The highest BCUT2D eigenvalue weighted by molar-refractivity contribution is 5.59. The smallest absolute Gasteiger partial charge is 0.329 e. The lowest BCUT2D eigenvalue weighted by Crippen LogP contribution is -2.22. The van der Waals surface area contributed by atoms with Crippen LogP contribution in [-0.4, -0.2) is 34.5 Å². The van der Waals surface area contributed by atoms with Crippen LogP contribution in [0.25, 0.3) is 0 Å². The fraction of sp³-hybridized carbons (Fsp3) is 0.692. The van der Waals surface area contributed by atoms with Crippen molar-refractivity contribution < 1.29 is 4.92 Å². The fourth-order valence-corrected chi connectivity index (χ4v) is 2.41. The first-order chi connectivity index (χ1) is 9.65. The SMILES string of the molecule is CCCNc1ncc([N+](=O)[O-])c(N2CCC(CC)C2)n1. The Morgan fingerprint density at radius 2 is 2.35 bits per heavy atom. The largest absolute Gasteiger partial charge is 0.354 e. The molecule has 1 aliphatic heterocycles. The first kappa shape index (κ1) is 14.5. The molecule has 110 valence electrons. The van der Waals surface area contributed by atoms with Gasteiger partial charge in [0.2, 0.25) is 11.8 Å². The molecule has 0 spiro atoms. The van der Waals surface area contributed by atoms with Crippen molar-refractivity contribution in [3.63, 3.8) is 0 Å². The molecule has 0 radical (unpaired) electrons. The molecule has 1 aliphatic rings. The third-order valence-electron chi connectivity index (χ3n) is 3.64. The van der Waals surface area contributed by atoms with Crippen molar-refractivity contribution in [2.45, 2.75) is 33.1 Å². The summed E-state index contributed by atoms with van der Waals surface area (Å²) >= 11 is 0. The van der Waals surface area contributed by atoms with Gasteiger partial charge in [-0.25, -0.2) is 4.98 Å². The van der Waals surface area contributed by atoms with Crippen LogP contribution in [-0.2, 0) is 0 Å². The van der Waals surface area contributed by atoms with Crippen molar-refractivity contribution in [1.82, 2.24) is 9.97 Å². The zero-order valence-corrected chi connectivity index (χ0v) is 12.0. The van der Waals surface area contributed by atoms with Crippen LogP contribution in [0.1, 0.15) is 33.1 Å². The van der Waals surface area contributed by atoms with E-state index in [0.29, 0.717) is 17.7 Å². The minimum Gasteiger partial charge on any atom is -0.354 e. The van der Waals surface area contributed by atoms with Crippen molar-refractivity contribution in [3.05, 3.63) is 16.3 Å². The molecule has 0 aromatic carbocycles. The number of anilines is 2. The quantitative estimate of drug-likeness (QED) is 0.636. The predicted octanol–water partition coefficient (Wildman–Crippen LogP) is 2.44. The van der Waals surface area contributed by atoms with Gasteiger partial charge < -0.3 is 10.2 Å². The molecule has 1 aromatic rings. The number of aromatic nitrogens is 2. The van der Waals surface area contributed by atoms with Crippen LogP contribution >= 0.6 is 0 Å². The first-order valence-electron chi connectivity index (χ1n) is 7.16. The van der Waals surface area contributed by atoms with E-state index in [4.69, 9.17) is 0 Å². The van der Waals surface area contributed by atoms with E-state index in [-0.39, 0.29) is 5.69 Å². The Morgan fingerprint density at radius 1 is 1.55 bits per heavy atom. The summed E-state index contributed by atoms with van der Waals surface area (Å²) in [6.45, 7) is 6.61. The van der Waals surface area contributed by atoms with Crippen molar-refractivity contribution >= 4 is 17.5 Å². The van der Waals surface area contributed by atoms with Crippen LogP contribution in [0, 0.1) is 16.0 Å². The number of nitro groups is 1. The average Bonchev–Trinajstić information content (AvgIpc) is 2.93. The number of rotatable bonds is 6. The third kappa shape index (κ3) is 3.15. The Hall–Kier alpha value is -1.92. The number of hydrogen-bond donors (Lipinski definition) is 1. The second-order valence-electron chi connectivity index (χ2n) is 5.10. The lowest BCUT2D eigenvalue weighted by atomic mass is 10.1. The predicted molar refractivity (Wildman–Crippen MR) is 78.1 cm³/mol. The van der Waals surface area contributed by atoms with E-state index in [2.05, 4.69) is 22.2 Å². The molecule has 1 unspecified atom stereocenters. The van der Waals surface area contributed by atoms with Gasteiger partial charge in [0.05, 0.1) is 4.92 Å². The van der Waals surface area contributed by atoms with Gasteiger partial charge in [-0.3, -0.25) is 10.1 Å². The van der Waals surface area contributed by atoms with Gasteiger partial charge in [-0.15, -0.1) is 0 Å². The molecule has 1 N–H and O–H groups in total. The maximum Gasteiger partial charge on any atom is 0.329 e. The minimum absolute atomic E-state index is 0.0104. The highest BCUT2D eigenvalue weighted by Crippen LogP contribution is 2.31. The van der Waals surface area contributed by atoms with E-state index < -0.39 is 4.92 Å². The molecule has 7 nitrogen and oxygen atoms in total. The molecule has 0 bridgehead atoms. The lowest BCUT2D eigenvalue weighted by molar-refractivity contribution is -0.384. The second kappa shape index (κ2) is 6.49. The molecule has 1 atom stereocenters. The molecule has 0 saturated carbocycles. The van der Waals surface area contributed by atoms with Crippen molar-refractivity contribution in [3.8, 4) is 0 Å². The van der Waals surface area contributed by atoms with Crippen LogP contribution in [0.2, 0.25) is 0 Å². The number of nitrogens with zero attached hydrogens (tertiary/aromatic N) is 4. The summed E-state index contributed by atoms with van der Waals surface area (Å²) in [6, 6.07) is 0. The van der Waals surface area contributed by atoms with E-state index in [1.54, 1.807) is 0 Å². The standard InChI is InChI=1S/C13H21N5O2/c1-3-6-14-13-15-8-11(18(19)20)12(16-13)17-7-5-10(4-2)9-17/h8,10H,3-7,9H2,1-2H3,(H,14,15,16). The second-order valence-corrected chi connectivity index (χ2v) is 5.10. The molecular weight excluding hydrogens is 258 g/mol. The topological polar surface area (TPSA) is 84.2 Å². The molecule has 1 aromatic heterocycles. The summed E-state index contributed by atoms with van der Waals surface area (Å²) in [5.41, 5.74) is -0.0104. The van der Waals surface area contributed by atoms with Gasteiger partial charge in [0.1, 0.15) is 6.20 Å². The van der Waals surface area contributed by atoms with Crippen molar-refractivity contribution in [1.29, 1.82) is 0 Å². The van der Waals surface area contributed by atoms with Gasteiger partial charge in [-0.2, -0.15) is 4.98 Å². The summed E-state index contributed by atoms with van der Waals surface area (Å²) < 4.78 is 0. The molecule has 1 saturated heterocycles. The van der Waals surface area contributed by atoms with E-state index in [9.17, 15) is 10.1 Å². The van der Waals surface area contributed by atoms with Gasteiger partial charge in [0.25, 0.3) is 0 Å². The van der Waals surface area contributed by atoms with Crippen molar-refractivity contribution in [2.24, 2.45) is 5.92 Å². The maximum atomic E-state index is 11.1. The first-order valence-corrected chi connectivity index (χ1v) is 7.16. The Kier molecular flexibility index (Phi) is 4.70. The summed E-state index contributed by atoms with van der Waals surface area (Å²) in [7, 11) is 0. The van der Waals surface area contributed by atoms with Gasteiger partial charge >= 0.3 is 5.69 Å².